The third-order valence-corrected chi connectivity index (χ3v) is 7.34. The molecule has 0 radical (unpaired) electrons. The molecule has 2 aromatic heterocycles. The lowest BCUT2D eigenvalue weighted by atomic mass is 9.91. The van der Waals surface area contributed by atoms with E-state index in [1.807, 2.05) is 39.9 Å². The Kier molecular flexibility index (Phi) is 5.82. The van der Waals surface area contributed by atoms with Gasteiger partial charge in [-0.2, -0.15) is 5.10 Å². The second-order valence-electron chi connectivity index (χ2n) is 7.30. The molecule has 0 saturated carbocycles. The van der Waals surface area contributed by atoms with Crippen LogP contribution in [0.15, 0.2) is 40.1 Å². The minimum absolute atomic E-state index is 0.0709. The standard InChI is InChI=1S/C20H23N3O4S2/c1-27-19(25)20(26)6-8-22(9-7-20)13-18(24)23-15(17-5-3-11-29-17)12-14(21-23)16-4-2-10-28-16/h2-5,10-11,15,26H,6-9,12-13H2,1H3/t15-/m1/s1. The smallest absolute Gasteiger partial charge is 0.337 e. The number of methoxy groups -OCH3 is 1. The number of hydrogen-bond acceptors (Lipinski definition) is 8. The SMILES string of the molecule is COC(=O)C1(O)CCN(CC(=O)N2N=C(c3cccs3)C[C@@H]2c2cccs2)CC1. The number of likely N-dealkylation sites (tertiary alicyclic amines) is 1. The second-order valence-corrected chi connectivity index (χ2v) is 9.22. The molecular formula is C20H23N3O4S2. The zero-order chi connectivity index (χ0) is 20.4. The number of piperidine rings is 1. The molecule has 0 aliphatic carbocycles. The number of nitrogens with zero attached hydrogens (tertiary/aromatic N) is 3. The van der Waals surface area contributed by atoms with Gasteiger partial charge in [-0.3, -0.25) is 9.69 Å². The van der Waals surface area contributed by atoms with E-state index in [1.165, 1.54) is 7.11 Å². The third-order valence-electron chi connectivity index (χ3n) is 5.45. The Balaban J connectivity index is 1.45. The van der Waals surface area contributed by atoms with E-state index < -0.39 is 11.6 Å². The Morgan fingerprint density at radius 2 is 1.97 bits per heavy atom. The van der Waals surface area contributed by atoms with Crippen LogP contribution in [-0.2, 0) is 14.3 Å². The minimum Gasteiger partial charge on any atom is -0.467 e. The molecule has 2 aliphatic heterocycles. The van der Waals surface area contributed by atoms with Crippen molar-refractivity contribution in [2.75, 3.05) is 26.7 Å². The summed E-state index contributed by atoms with van der Waals surface area (Å²) in [6.45, 7) is 1.12. The molecule has 1 amide bonds. The molecule has 9 heteroatoms. The van der Waals surface area contributed by atoms with Crippen LogP contribution >= 0.6 is 22.7 Å². The van der Waals surface area contributed by atoms with Crippen molar-refractivity contribution < 1.29 is 19.4 Å². The molecule has 2 aromatic rings. The van der Waals surface area contributed by atoms with Gasteiger partial charge in [0.05, 0.1) is 30.3 Å². The highest BCUT2D eigenvalue weighted by Gasteiger charge is 2.41. The van der Waals surface area contributed by atoms with Crippen molar-refractivity contribution in [3.63, 3.8) is 0 Å². The van der Waals surface area contributed by atoms with Crippen LogP contribution in [0.3, 0.4) is 0 Å². The van der Waals surface area contributed by atoms with Gasteiger partial charge in [0, 0.05) is 24.4 Å². The van der Waals surface area contributed by atoms with Crippen LogP contribution in [0.5, 0.6) is 0 Å². The first-order valence-corrected chi connectivity index (χ1v) is 11.3. The maximum absolute atomic E-state index is 13.1. The zero-order valence-electron chi connectivity index (χ0n) is 16.1. The van der Waals surface area contributed by atoms with Gasteiger partial charge >= 0.3 is 5.97 Å². The van der Waals surface area contributed by atoms with Crippen LogP contribution in [0.1, 0.15) is 35.1 Å². The normalized spacial score (nSPS) is 21.8. The topological polar surface area (TPSA) is 82.4 Å². The van der Waals surface area contributed by atoms with Gasteiger partial charge in [-0.15, -0.1) is 22.7 Å². The molecule has 1 N–H and O–H groups in total. The molecular weight excluding hydrogens is 410 g/mol. The number of esters is 1. The summed E-state index contributed by atoms with van der Waals surface area (Å²) < 4.78 is 4.69. The summed E-state index contributed by atoms with van der Waals surface area (Å²) in [5, 5.41) is 20.7. The number of hydrogen-bond donors (Lipinski definition) is 1. The second kappa shape index (κ2) is 8.35. The monoisotopic (exact) mass is 433 g/mol. The number of carbonyl (C=O) groups excluding carboxylic acids is 2. The van der Waals surface area contributed by atoms with Crippen LogP contribution in [0.4, 0.5) is 0 Å². The van der Waals surface area contributed by atoms with Gasteiger partial charge in [0.1, 0.15) is 0 Å². The van der Waals surface area contributed by atoms with Crippen molar-refractivity contribution in [3.8, 4) is 0 Å². The van der Waals surface area contributed by atoms with E-state index >= 15 is 0 Å². The van der Waals surface area contributed by atoms with E-state index in [0.717, 1.165) is 15.5 Å². The fourth-order valence-corrected chi connectivity index (χ4v) is 5.31. The lowest BCUT2D eigenvalue weighted by Gasteiger charge is -2.36. The van der Waals surface area contributed by atoms with E-state index in [-0.39, 0.29) is 31.3 Å². The number of hydrazone groups is 1. The van der Waals surface area contributed by atoms with Crippen LogP contribution in [0.25, 0.3) is 0 Å². The average Bonchev–Trinajstić information content (AvgIpc) is 3.49. The summed E-state index contributed by atoms with van der Waals surface area (Å²) in [7, 11) is 1.28. The highest BCUT2D eigenvalue weighted by atomic mass is 32.1. The number of carbonyl (C=O) groups is 2. The van der Waals surface area contributed by atoms with Gasteiger partial charge in [-0.05, 0) is 35.7 Å². The molecule has 4 rings (SSSR count). The van der Waals surface area contributed by atoms with Gasteiger partial charge in [0.25, 0.3) is 5.91 Å². The summed E-state index contributed by atoms with van der Waals surface area (Å²) in [6, 6.07) is 7.96. The number of amides is 1. The first-order valence-electron chi connectivity index (χ1n) is 9.50. The Hall–Kier alpha value is -2.07. The molecule has 154 valence electrons. The molecule has 1 atom stereocenters. The fourth-order valence-electron chi connectivity index (χ4n) is 3.77. The summed E-state index contributed by atoms with van der Waals surface area (Å²) in [5.41, 5.74) is -0.517. The van der Waals surface area contributed by atoms with E-state index in [1.54, 1.807) is 27.7 Å². The maximum atomic E-state index is 13.1. The zero-order valence-corrected chi connectivity index (χ0v) is 17.7. The summed E-state index contributed by atoms with van der Waals surface area (Å²) in [4.78, 5) is 29.1. The van der Waals surface area contributed by atoms with Gasteiger partial charge in [-0.1, -0.05) is 12.1 Å². The number of thiophene rings is 2. The molecule has 1 saturated heterocycles. The lowest BCUT2D eigenvalue weighted by molar-refractivity contribution is -0.167. The molecule has 1 fully saturated rings. The summed E-state index contributed by atoms with van der Waals surface area (Å²) >= 11 is 3.26. The number of aliphatic hydroxyl groups is 1. The maximum Gasteiger partial charge on any atom is 0.337 e. The van der Waals surface area contributed by atoms with Gasteiger partial charge in [-0.25, -0.2) is 9.80 Å². The highest BCUT2D eigenvalue weighted by molar-refractivity contribution is 7.12. The Morgan fingerprint density at radius 3 is 2.59 bits per heavy atom. The Labute approximate surface area is 177 Å². The van der Waals surface area contributed by atoms with Crippen molar-refractivity contribution in [1.82, 2.24) is 9.91 Å². The van der Waals surface area contributed by atoms with Gasteiger partial charge < -0.3 is 9.84 Å². The van der Waals surface area contributed by atoms with Gasteiger partial charge in [0.2, 0.25) is 0 Å². The van der Waals surface area contributed by atoms with E-state index in [9.17, 15) is 14.7 Å². The molecule has 0 unspecified atom stereocenters. The third kappa shape index (κ3) is 4.13. The quantitative estimate of drug-likeness (QED) is 0.733. The van der Waals surface area contributed by atoms with Crippen molar-refractivity contribution in [2.45, 2.75) is 30.9 Å². The van der Waals surface area contributed by atoms with E-state index in [0.29, 0.717) is 19.5 Å². The highest BCUT2D eigenvalue weighted by Crippen LogP contribution is 2.36. The molecule has 0 bridgehead atoms. The van der Waals surface area contributed by atoms with Crippen LogP contribution < -0.4 is 0 Å². The van der Waals surface area contributed by atoms with E-state index in [4.69, 9.17) is 4.74 Å². The number of rotatable bonds is 5. The fraction of sp³-hybridized carbons (Fsp3) is 0.450. The Morgan fingerprint density at radius 1 is 1.24 bits per heavy atom. The van der Waals surface area contributed by atoms with Crippen LogP contribution in [0, 0.1) is 0 Å². The Bertz CT molecular complexity index is 887. The average molecular weight is 434 g/mol. The molecule has 2 aliphatic rings. The van der Waals surface area contributed by atoms with E-state index in [2.05, 4.69) is 5.10 Å². The molecule has 29 heavy (non-hydrogen) atoms. The minimum atomic E-state index is -1.45. The summed E-state index contributed by atoms with van der Waals surface area (Å²) in [6.07, 6.45) is 1.21. The molecule has 4 heterocycles. The van der Waals surface area contributed by atoms with Crippen molar-refractivity contribution >= 4 is 40.3 Å². The lowest BCUT2D eigenvalue weighted by Crippen LogP contribution is -2.51. The number of ether oxygens (including phenoxy) is 1. The van der Waals surface area contributed by atoms with Crippen LogP contribution in [-0.4, -0.2) is 64.9 Å². The largest absolute Gasteiger partial charge is 0.467 e. The van der Waals surface area contributed by atoms with Crippen molar-refractivity contribution in [3.05, 3.63) is 44.8 Å². The predicted molar refractivity (Wildman–Crippen MR) is 112 cm³/mol. The van der Waals surface area contributed by atoms with Crippen molar-refractivity contribution in [2.24, 2.45) is 5.10 Å². The predicted octanol–water partition coefficient (Wildman–Crippen LogP) is 2.49. The first kappa shape index (κ1) is 20.2. The molecule has 0 aromatic carbocycles. The summed E-state index contributed by atoms with van der Waals surface area (Å²) in [5.74, 6) is -0.676. The van der Waals surface area contributed by atoms with Crippen LogP contribution in [0.2, 0.25) is 0 Å². The van der Waals surface area contributed by atoms with Gasteiger partial charge in [0.15, 0.2) is 5.60 Å². The molecule has 7 nitrogen and oxygen atoms in total. The first-order chi connectivity index (χ1) is 14.0. The molecule has 0 spiro atoms. The van der Waals surface area contributed by atoms with Crippen molar-refractivity contribution in [1.29, 1.82) is 0 Å².